The molecule has 0 bridgehead atoms. The van der Waals surface area contributed by atoms with Crippen molar-refractivity contribution >= 4 is 0 Å². The second-order valence-electron chi connectivity index (χ2n) is 5.48. The van der Waals surface area contributed by atoms with Crippen LogP contribution in [0.2, 0.25) is 0 Å². The molecule has 6 nitrogen and oxygen atoms in total. The van der Waals surface area contributed by atoms with Gasteiger partial charge in [-0.15, -0.1) is 0 Å². The minimum atomic E-state index is -0.608. The number of aliphatic hydroxyl groups is 1. The highest BCUT2D eigenvalue weighted by molar-refractivity contribution is 5.41. The molecule has 1 atom stereocenters. The van der Waals surface area contributed by atoms with E-state index in [0.717, 1.165) is 18.7 Å². The van der Waals surface area contributed by atoms with Gasteiger partial charge < -0.3 is 14.6 Å². The summed E-state index contributed by atoms with van der Waals surface area (Å²) in [5.41, 5.74) is 0.754. The number of rotatable bonds is 6. The third-order valence-corrected chi connectivity index (χ3v) is 4.06. The molecule has 1 N–H and O–H groups in total. The van der Waals surface area contributed by atoms with Gasteiger partial charge in [0.25, 0.3) is 0 Å². The minimum absolute atomic E-state index is 0.398. The molecule has 1 aliphatic rings. The molecule has 1 fully saturated rings. The van der Waals surface area contributed by atoms with Crippen molar-refractivity contribution in [2.24, 2.45) is 0 Å². The fraction of sp³-hybridized carbons (Fsp3) is 0.438. The monoisotopic (exact) mass is 303 g/mol. The molecule has 1 aliphatic heterocycles. The van der Waals surface area contributed by atoms with E-state index in [2.05, 4.69) is 10.00 Å². The first-order valence-electron chi connectivity index (χ1n) is 7.32. The highest BCUT2D eigenvalue weighted by Crippen LogP contribution is 2.31. The molecule has 118 valence electrons. The molecule has 0 aliphatic carbocycles. The first-order chi connectivity index (χ1) is 10.7. The predicted octanol–water partition coefficient (Wildman–Crippen LogP) is 1.49. The molecule has 0 spiro atoms. The molecule has 22 heavy (non-hydrogen) atoms. The number of aromatic nitrogens is 2. The zero-order chi connectivity index (χ0) is 15.5. The van der Waals surface area contributed by atoms with E-state index in [1.807, 2.05) is 35.1 Å². The van der Waals surface area contributed by atoms with Crippen LogP contribution in [-0.4, -0.2) is 53.6 Å². The molecule has 0 radical (unpaired) electrons. The summed E-state index contributed by atoms with van der Waals surface area (Å²) in [5, 5.41) is 14.8. The number of benzene rings is 1. The Morgan fingerprint density at radius 2 is 2.14 bits per heavy atom. The van der Waals surface area contributed by atoms with Crippen molar-refractivity contribution in [1.29, 1.82) is 0 Å². The van der Waals surface area contributed by atoms with Crippen LogP contribution in [0, 0.1) is 0 Å². The van der Waals surface area contributed by atoms with Crippen LogP contribution in [0.1, 0.15) is 17.7 Å². The molecule has 3 rings (SSSR count). The van der Waals surface area contributed by atoms with Gasteiger partial charge in [-0.25, -0.2) is 0 Å². The summed E-state index contributed by atoms with van der Waals surface area (Å²) in [6, 6.07) is 7.80. The van der Waals surface area contributed by atoms with Crippen molar-refractivity contribution in [3.8, 4) is 11.5 Å². The summed E-state index contributed by atoms with van der Waals surface area (Å²) in [5.74, 6) is 1.39. The van der Waals surface area contributed by atoms with Gasteiger partial charge in [0, 0.05) is 37.6 Å². The van der Waals surface area contributed by atoms with Gasteiger partial charge in [0.1, 0.15) is 11.5 Å². The Balaban J connectivity index is 1.62. The average molecular weight is 303 g/mol. The van der Waals surface area contributed by atoms with Crippen LogP contribution in [0.25, 0.3) is 0 Å². The van der Waals surface area contributed by atoms with Crippen LogP contribution < -0.4 is 9.47 Å². The zero-order valence-electron chi connectivity index (χ0n) is 12.8. The normalized spacial score (nSPS) is 17.0. The number of likely N-dealkylation sites (tertiary alicyclic amines) is 1. The summed E-state index contributed by atoms with van der Waals surface area (Å²) < 4.78 is 12.5. The van der Waals surface area contributed by atoms with Gasteiger partial charge >= 0.3 is 0 Å². The first-order valence-corrected chi connectivity index (χ1v) is 7.32. The van der Waals surface area contributed by atoms with Crippen molar-refractivity contribution in [2.75, 3.05) is 33.9 Å². The summed E-state index contributed by atoms with van der Waals surface area (Å²) >= 11 is 0. The molecule has 1 aromatic carbocycles. The SMILES string of the molecule is COc1ccc(OC)c([C@@H](O)CN2CC(n3cccn3)C2)c1. The second kappa shape index (κ2) is 6.37. The van der Waals surface area contributed by atoms with Crippen LogP contribution in [0.4, 0.5) is 0 Å². The van der Waals surface area contributed by atoms with Crippen molar-refractivity contribution in [3.63, 3.8) is 0 Å². The van der Waals surface area contributed by atoms with Gasteiger partial charge in [-0.1, -0.05) is 0 Å². The number of methoxy groups -OCH3 is 2. The van der Waals surface area contributed by atoms with E-state index in [1.54, 1.807) is 20.4 Å². The Morgan fingerprint density at radius 3 is 2.77 bits per heavy atom. The lowest BCUT2D eigenvalue weighted by molar-refractivity contribution is 0.0391. The molecule has 6 heteroatoms. The maximum atomic E-state index is 10.5. The molecular formula is C16H21N3O3. The molecule has 1 saturated heterocycles. The largest absolute Gasteiger partial charge is 0.497 e. The Hall–Kier alpha value is -2.05. The molecule has 0 unspecified atom stereocenters. The molecule has 0 amide bonds. The van der Waals surface area contributed by atoms with E-state index in [4.69, 9.17) is 9.47 Å². The van der Waals surface area contributed by atoms with E-state index in [-0.39, 0.29) is 0 Å². The lowest BCUT2D eigenvalue weighted by atomic mass is 10.0. The second-order valence-corrected chi connectivity index (χ2v) is 5.48. The van der Waals surface area contributed by atoms with Crippen molar-refractivity contribution in [3.05, 3.63) is 42.2 Å². The van der Waals surface area contributed by atoms with E-state index >= 15 is 0 Å². The van der Waals surface area contributed by atoms with Crippen LogP contribution in [0.15, 0.2) is 36.7 Å². The summed E-state index contributed by atoms with van der Waals surface area (Å²) in [7, 11) is 3.22. The van der Waals surface area contributed by atoms with Gasteiger partial charge in [0.05, 0.1) is 26.4 Å². The van der Waals surface area contributed by atoms with Crippen LogP contribution >= 0.6 is 0 Å². The van der Waals surface area contributed by atoms with E-state index in [9.17, 15) is 5.11 Å². The van der Waals surface area contributed by atoms with Crippen LogP contribution in [0.5, 0.6) is 11.5 Å². The number of ether oxygens (including phenoxy) is 2. The van der Waals surface area contributed by atoms with Crippen molar-refractivity contribution < 1.29 is 14.6 Å². The first kappa shape index (κ1) is 14.9. The predicted molar refractivity (Wildman–Crippen MR) is 82.2 cm³/mol. The minimum Gasteiger partial charge on any atom is -0.497 e. The number of nitrogens with zero attached hydrogens (tertiary/aromatic N) is 3. The van der Waals surface area contributed by atoms with Crippen LogP contribution in [0.3, 0.4) is 0 Å². The van der Waals surface area contributed by atoms with Gasteiger partial charge in [0.2, 0.25) is 0 Å². The van der Waals surface area contributed by atoms with Gasteiger partial charge in [-0.2, -0.15) is 5.10 Å². The fourth-order valence-corrected chi connectivity index (χ4v) is 2.80. The van der Waals surface area contributed by atoms with E-state index in [1.165, 1.54) is 0 Å². The molecule has 2 heterocycles. The molecule has 0 saturated carbocycles. The highest BCUT2D eigenvalue weighted by atomic mass is 16.5. The quantitative estimate of drug-likeness (QED) is 0.876. The lowest BCUT2D eigenvalue weighted by Crippen LogP contribution is -2.49. The Morgan fingerprint density at radius 1 is 1.32 bits per heavy atom. The zero-order valence-corrected chi connectivity index (χ0v) is 12.8. The summed E-state index contributed by atoms with van der Waals surface area (Å²) in [4.78, 5) is 2.20. The average Bonchev–Trinajstić information content (AvgIpc) is 3.03. The topological polar surface area (TPSA) is 59.8 Å². The smallest absolute Gasteiger partial charge is 0.124 e. The fourth-order valence-electron chi connectivity index (χ4n) is 2.80. The standard InChI is InChI=1S/C16H21N3O3/c1-21-13-4-5-16(22-2)14(8-13)15(20)11-18-9-12(10-18)19-7-3-6-17-19/h3-8,12,15,20H,9-11H2,1-2H3/t15-/m0/s1. The van der Waals surface area contributed by atoms with E-state index in [0.29, 0.717) is 24.1 Å². The Kier molecular flexibility index (Phi) is 4.31. The Bertz CT molecular complexity index is 609. The van der Waals surface area contributed by atoms with Crippen molar-refractivity contribution in [1.82, 2.24) is 14.7 Å². The molecule has 1 aromatic heterocycles. The summed E-state index contributed by atoms with van der Waals surface area (Å²) in [6.07, 6.45) is 3.16. The molecule has 2 aromatic rings. The number of β-amino-alcohol motifs (C(OH)–C–C–N with tert-alkyl or cyclic N) is 1. The number of hydrogen-bond donors (Lipinski definition) is 1. The highest BCUT2D eigenvalue weighted by Gasteiger charge is 2.30. The number of aliphatic hydroxyl groups excluding tert-OH is 1. The molecular weight excluding hydrogens is 282 g/mol. The maximum Gasteiger partial charge on any atom is 0.124 e. The third-order valence-electron chi connectivity index (χ3n) is 4.06. The van der Waals surface area contributed by atoms with Crippen LogP contribution in [-0.2, 0) is 0 Å². The Labute approximate surface area is 129 Å². The number of hydrogen-bond acceptors (Lipinski definition) is 5. The van der Waals surface area contributed by atoms with Gasteiger partial charge in [0.15, 0.2) is 0 Å². The van der Waals surface area contributed by atoms with Crippen molar-refractivity contribution in [2.45, 2.75) is 12.1 Å². The lowest BCUT2D eigenvalue weighted by Gasteiger charge is -2.40. The third kappa shape index (κ3) is 2.93. The van der Waals surface area contributed by atoms with E-state index < -0.39 is 6.10 Å². The van der Waals surface area contributed by atoms with Gasteiger partial charge in [-0.05, 0) is 24.3 Å². The summed E-state index contributed by atoms with van der Waals surface area (Å²) in [6.45, 7) is 2.36. The maximum absolute atomic E-state index is 10.5. The van der Waals surface area contributed by atoms with Gasteiger partial charge in [-0.3, -0.25) is 9.58 Å².